The molecule has 0 saturated carbocycles. The van der Waals surface area contributed by atoms with Gasteiger partial charge in [-0.1, -0.05) is 23.2 Å². The van der Waals surface area contributed by atoms with Gasteiger partial charge < -0.3 is 5.11 Å². The molecule has 0 aliphatic carbocycles. The molecule has 2 rings (SSSR count). The number of hydrogen-bond acceptors (Lipinski definition) is 4. The van der Waals surface area contributed by atoms with Crippen LogP contribution in [0.15, 0.2) is 41.6 Å². The van der Waals surface area contributed by atoms with Crippen LogP contribution in [0.1, 0.15) is 10.4 Å². The van der Waals surface area contributed by atoms with E-state index in [0.717, 1.165) is 18.2 Å². The maximum Gasteiger partial charge on any atom is 0.337 e. The number of halogens is 2. The summed E-state index contributed by atoms with van der Waals surface area (Å²) in [5.74, 6) is -1.24. The van der Waals surface area contributed by atoms with E-state index in [1.54, 1.807) is 0 Å². The van der Waals surface area contributed by atoms with Gasteiger partial charge in [0.05, 0.1) is 32.4 Å². The largest absolute Gasteiger partial charge is 0.478 e. The molecular weight excluding hydrogens is 339 g/mol. The van der Waals surface area contributed by atoms with Gasteiger partial charge >= 0.3 is 5.97 Å². The van der Waals surface area contributed by atoms with Gasteiger partial charge in [0.15, 0.2) is 0 Å². The summed E-state index contributed by atoms with van der Waals surface area (Å²) >= 11 is 11.6. The number of benzene rings is 1. The Morgan fingerprint density at radius 3 is 2.48 bits per heavy atom. The first kappa shape index (κ1) is 15.6. The number of carbonyl (C=O) groups is 1. The summed E-state index contributed by atoms with van der Waals surface area (Å²) in [5, 5.41) is 8.86. The third kappa shape index (κ3) is 3.44. The van der Waals surface area contributed by atoms with Gasteiger partial charge in [0.2, 0.25) is 0 Å². The number of aromatic nitrogens is 1. The highest BCUT2D eigenvalue weighted by molar-refractivity contribution is 7.92. The van der Waals surface area contributed by atoms with Crippen molar-refractivity contribution in [3.8, 4) is 0 Å². The first-order valence-corrected chi connectivity index (χ1v) is 7.70. The number of carboxylic acid groups (broad SMARTS) is 1. The van der Waals surface area contributed by atoms with E-state index < -0.39 is 16.0 Å². The minimum Gasteiger partial charge on any atom is -0.478 e. The Morgan fingerprint density at radius 2 is 1.90 bits per heavy atom. The molecule has 2 aromatic rings. The van der Waals surface area contributed by atoms with E-state index in [1.807, 2.05) is 0 Å². The summed E-state index contributed by atoms with van der Waals surface area (Å²) in [7, 11) is -3.95. The number of hydrogen-bond donors (Lipinski definition) is 2. The third-order valence-electron chi connectivity index (χ3n) is 2.49. The second-order valence-electron chi connectivity index (χ2n) is 3.91. The van der Waals surface area contributed by atoms with Gasteiger partial charge in [0.1, 0.15) is 0 Å². The highest BCUT2D eigenvalue weighted by Gasteiger charge is 2.19. The Morgan fingerprint density at radius 1 is 1.19 bits per heavy atom. The predicted octanol–water partition coefficient (Wildman–Crippen LogP) is 2.89. The molecule has 1 aromatic heterocycles. The van der Waals surface area contributed by atoms with E-state index in [2.05, 4.69) is 9.71 Å². The quantitative estimate of drug-likeness (QED) is 0.887. The second-order valence-corrected chi connectivity index (χ2v) is 6.40. The molecule has 2 N–H and O–H groups in total. The molecule has 0 fully saturated rings. The molecule has 0 unspecified atom stereocenters. The molecule has 1 heterocycles. The van der Waals surface area contributed by atoms with Gasteiger partial charge in [-0.3, -0.25) is 9.71 Å². The molecule has 0 spiro atoms. The molecule has 0 atom stereocenters. The lowest BCUT2D eigenvalue weighted by molar-refractivity contribution is 0.0697. The van der Waals surface area contributed by atoms with Crippen molar-refractivity contribution in [2.45, 2.75) is 4.90 Å². The van der Waals surface area contributed by atoms with E-state index in [4.69, 9.17) is 28.3 Å². The molecule has 21 heavy (non-hydrogen) atoms. The van der Waals surface area contributed by atoms with Gasteiger partial charge in [-0.2, -0.15) is 0 Å². The van der Waals surface area contributed by atoms with Crippen molar-refractivity contribution in [1.82, 2.24) is 4.98 Å². The molecule has 0 saturated heterocycles. The summed E-state index contributed by atoms with van der Waals surface area (Å²) in [4.78, 5) is 14.4. The van der Waals surface area contributed by atoms with Crippen LogP contribution in [0.25, 0.3) is 0 Å². The Kier molecular flexibility index (Phi) is 4.36. The van der Waals surface area contributed by atoms with Gasteiger partial charge in [0, 0.05) is 6.20 Å². The second kappa shape index (κ2) is 5.88. The summed E-state index contributed by atoms with van der Waals surface area (Å²) in [6, 6.07) is 4.74. The molecule has 6 nitrogen and oxygen atoms in total. The van der Waals surface area contributed by atoms with E-state index in [1.165, 1.54) is 18.5 Å². The number of nitrogens with zero attached hydrogens (tertiary/aromatic N) is 1. The minimum atomic E-state index is -3.95. The fraction of sp³-hybridized carbons (Fsp3) is 0. The Bertz CT molecular complexity index is 809. The number of aromatic carboxylic acids is 1. The molecule has 0 bridgehead atoms. The third-order valence-corrected chi connectivity index (χ3v) is 4.50. The molecule has 0 aliphatic rings. The molecule has 0 amide bonds. The lowest BCUT2D eigenvalue weighted by Crippen LogP contribution is -2.14. The highest BCUT2D eigenvalue weighted by atomic mass is 35.5. The zero-order valence-corrected chi connectivity index (χ0v) is 12.6. The molecule has 0 aliphatic heterocycles. The van der Waals surface area contributed by atoms with Crippen LogP contribution >= 0.6 is 23.2 Å². The lowest BCUT2D eigenvalue weighted by Gasteiger charge is -2.10. The van der Waals surface area contributed by atoms with Crippen molar-refractivity contribution in [3.63, 3.8) is 0 Å². The SMILES string of the molecule is O=C(O)c1ccc(S(=O)(=O)Nc2cnccc2Cl)cc1Cl. The number of anilines is 1. The fourth-order valence-electron chi connectivity index (χ4n) is 1.49. The van der Waals surface area contributed by atoms with Crippen LogP contribution in [-0.4, -0.2) is 24.5 Å². The standard InChI is InChI=1S/C12H8Cl2N2O4S/c13-9-3-4-15-6-11(9)16-21(19,20)7-1-2-8(12(17)18)10(14)5-7/h1-6,16H,(H,17,18). The normalized spacial score (nSPS) is 11.1. The summed E-state index contributed by atoms with van der Waals surface area (Å²) in [6.45, 7) is 0. The number of nitrogens with one attached hydrogen (secondary N) is 1. The Balaban J connectivity index is 2.39. The lowest BCUT2D eigenvalue weighted by atomic mass is 10.2. The van der Waals surface area contributed by atoms with Gasteiger partial charge in [-0.05, 0) is 24.3 Å². The molecule has 9 heteroatoms. The minimum absolute atomic E-state index is 0.109. The average molecular weight is 347 g/mol. The van der Waals surface area contributed by atoms with Crippen molar-refractivity contribution >= 4 is 44.9 Å². The maximum absolute atomic E-state index is 12.2. The van der Waals surface area contributed by atoms with Crippen LogP contribution in [0.3, 0.4) is 0 Å². The first-order chi connectivity index (χ1) is 9.81. The highest BCUT2D eigenvalue weighted by Crippen LogP contribution is 2.25. The van der Waals surface area contributed by atoms with E-state index in [-0.39, 0.29) is 26.2 Å². The Labute approximate surface area is 130 Å². The number of pyridine rings is 1. The zero-order valence-electron chi connectivity index (χ0n) is 10.2. The average Bonchev–Trinajstić information content (AvgIpc) is 2.40. The zero-order chi connectivity index (χ0) is 15.6. The molecule has 1 aromatic carbocycles. The predicted molar refractivity (Wildman–Crippen MR) is 78.5 cm³/mol. The molecule has 0 radical (unpaired) electrons. The number of sulfonamides is 1. The summed E-state index contributed by atoms with van der Waals surface area (Å²) in [5.41, 5.74) is -0.0763. The topological polar surface area (TPSA) is 96.4 Å². The van der Waals surface area contributed by atoms with Crippen LogP contribution in [0.2, 0.25) is 10.0 Å². The van der Waals surface area contributed by atoms with Crippen molar-refractivity contribution < 1.29 is 18.3 Å². The molecular formula is C12H8Cl2N2O4S. The van der Waals surface area contributed by atoms with Crippen molar-refractivity contribution in [2.24, 2.45) is 0 Å². The van der Waals surface area contributed by atoms with E-state index in [0.29, 0.717) is 0 Å². The summed E-state index contributed by atoms with van der Waals surface area (Å²) < 4.78 is 26.6. The first-order valence-electron chi connectivity index (χ1n) is 5.46. The maximum atomic E-state index is 12.2. The van der Waals surface area contributed by atoms with Crippen molar-refractivity contribution in [3.05, 3.63) is 52.3 Å². The number of carboxylic acids is 1. The van der Waals surface area contributed by atoms with Crippen LogP contribution in [-0.2, 0) is 10.0 Å². The fourth-order valence-corrected chi connectivity index (χ4v) is 3.12. The van der Waals surface area contributed by atoms with Gasteiger partial charge in [0.25, 0.3) is 10.0 Å². The van der Waals surface area contributed by atoms with Crippen LogP contribution in [0.5, 0.6) is 0 Å². The van der Waals surface area contributed by atoms with Crippen LogP contribution in [0, 0.1) is 0 Å². The number of rotatable bonds is 4. The smallest absolute Gasteiger partial charge is 0.337 e. The Hall–Kier alpha value is -1.83. The van der Waals surface area contributed by atoms with Crippen LogP contribution < -0.4 is 4.72 Å². The monoisotopic (exact) mass is 346 g/mol. The van der Waals surface area contributed by atoms with E-state index in [9.17, 15) is 13.2 Å². The van der Waals surface area contributed by atoms with E-state index >= 15 is 0 Å². The van der Waals surface area contributed by atoms with Gasteiger partial charge in [-0.15, -0.1) is 0 Å². The van der Waals surface area contributed by atoms with Crippen molar-refractivity contribution in [1.29, 1.82) is 0 Å². The van der Waals surface area contributed by atoms with Crippen molar-refractivity contribution in [2.75, 3.05) is 4.72 Å². The summed E-state index contributed by atoms with van der Waals surface area (Å²) in [6.07, 6.45) is 2.67. The van der Waals surface area contributed by atoms with Gasteiger partial charge in [-0.25, -0.2) is 13.2 Å². The molecule has 110 valence electrons. The van der Waals surface area contributed by atoms with Crippen LogP contribution in [0.4, 0.5) is 5.69 Å².